The Morgan fingerprint density at radius 3 is 2.59 bits per heavy atom. The van der Waals surface area contributed by atoms with Gasteiger partial charge in [0.2, 0.25) is 0 Å². The average molecular weight is 255 g/mol. The van der Waals surface area contributed by atoms with Crippen LogP contribution in [-0.2, 0) is 5.41 Å². The van der Waals surface area contributed by atoms with Crippen LogP contribution in [-0.4, -0.2) is 10.2 Å². The summed E-state index contributed by atoms with van der Waals surface area (Å²) in [5.74, 6) is 0. The number of hydrogen-bond acceptors (Lipinski definition) is 2. The van der Waals surface area contributed by atoms with Crippen molar-refractivity contribution in [2.75, 3.05) is 0 Å². The van der Waals surface area contributed by atoms with Crippen molar-refractivity contribution in [1.82, 2.24) is 10.2 Å². The quantitative estimate of drug-likeness (QED) is 0.655. The number of hydrogen-bond donors (Lipinski definition) is 0. The first-order valence-electron chi connectivity index (χ1n) is 6.61. The third-order valence-electron chi connectivity index (χ3n) is 3.69. The summed E-state index contributed by atoms with van der Waals surface area (Å²) in [7, 11) is 0. The molecule has 0 amide bonds. The molecular weight excluding hydrogens is 232 g/mol. The van der Waals surface area contributed by atoms with Crippen LogP contribution in [0.5, 0.6) is 0 Å². The lowest BCUT2D eigenvalue weighted by Gasteiger charge is -2.29. The fourth-order valence-corrected chi connectivity index (χ4v) is 2.54. The molecule has 96 valence electrons. The summed E-state index contributed by atoms with van der Waals surface area (Å²) in [6, 6.07) is 2.01. The Balaban J connectivity index is 2.71. The minimum Gasteiger partial charge on any atom is -0.158 e. The van der Waals surface area contributed by atoms with E-state index in [1.807, 2.05) is 6.07 Å². The van der Waals surface area contributed by atoms with Gasteiger partial charge in [-0.2, -0.15) is 5.10 Å². The maximum atomic E-state index is 6.15. The van der Waals surface area contributed by atoms with Crippen LogP contribution < -0.4 is 0 Å². The summed E-state index contributed by atoms with van der Waals surface area (Å²) in [4.78, 5) is 0. The van der Waals surface area contributed by atoms with Crippen molar-refractivity contribution >= 4 is 11.6 Å². The minimum absolute atomic E-state index is 0.140. The van der Waals surface area contributed by atoms with E-state index >= 15 is 0 Å². The van der Waals surface area contributed by atoms with E-state index < -0.39 is 0 Å². The fourth-order valence-electron chi connectivity index (χ4n) is 2.21. The zero-order valence-corrected chi connectivity index (χ0v) is 11.9. The number of aromatic nitrogens is 2. The lowest BCUT2D eigenvalue weighted by molar-refractivity contribution is 0.394. The van der Waals surface area contributed by atoms with Crippen molar-refractivity contribution in [2.24, 2.45) is 0 Å². The van der Waals surface area contributed by atoms with Crippen LogP contribution in [0.15, 0.2) is 12.3 Å². The molecule has 1 rings (SSSR count). The van der Waals surface area contributed by atoms with Crippen LogP contribution in [0, 0.1) is 0 Å². The molecule has 0 aromatic carbocycles. The molecule has 0 fully saturated rings. The Kier molecular flexibility index (Phi) is 5.90. The summed E-state index contributed by atoms with van der Waals surface area (Å²) in [5.41, 5.74) is 1.29. The topological polar surface area (TPSA) is 25.8 Å². The summed E-state index contributed by atoms with van der Waals surface area (Å²) >= 11 is 6.15. The van der Waals surface area contributed by atoms with E-state index in [4.69, 9.17) is 11.6 Å². The highest BCUT2D eigenvalue weighted by Gasteiger charge is 2.26. The molecule has 2 nitrogen and oxygen atoms in total. The molecule has 0 bridgehead atoms. The molecule has 1 unspecified atom stereocenters. The van der Waals surface area contributed by atoms with Gasteiger partial charge in [-0.05, 0) is 29.9 Å². The first kappa shape index (κ1) is 14.4. The van der Waals surface area contributed by atoms with Crippen LogP contribution in [0.2, 0.25) is 5.15 Å². The van der Waals surface area contributed by atoms with E-state index in [2.05, 4.69) is 31.0 Å². The van der Waals surface area contributed by atoms with E-state index in [0.717, 1.165) is 12.0 Å². The Bertz CT molecular complexity index is 341. The van der Waals surface area contributed by atoms with Crippen LogP contribution in [0.4, 0.5) is 0 Å². The SMILES string of the molecule is CCCCCCC(C)(CC)c1ccnnc1Cl. The monoisotopic (exact) mass is 254 g/mol. The third kappa shape index (κ3) is 3.95. The fraction of sp³-hybridized carbons (Fsp3) is 0.714. The molecule has 1 aromatic heterocycles. The van der Waals surface area contributed by atoms with E-state index in [1.54, 1.807) is 6.20 Å². The van der Waals surface area contributed by atoms with Crippen molar-refractivity contribution in [3.63, 3.8) is 0 Å². The van der Waals surface area contributed by atoms with Gasteiger partial charge in [0.15, 0.2) is 5.15 Å². The van der Waals surface area contributed by atoms with E-state index in [1.165, 1.54) is 32.1 Å². The Morgan fingerprint density at radius 1 is 1.24 bits per heavy atom. The first-order chi connectivity index (χ1) is 8.14. The van der Waals surface area contributed by atoms with Crippen LogP contribution in [0.3, 0.4) is 0 Å². The molecule has 0 aliphatic rings. The molecule has 1 atom stereocenters. The smallest absolute Gasteiger partial charge is 0.155 e. The normalized spacial score (nSPS) is 14.6. The molecule has 0 aliphatic carbocycles. The zero-order chi connectivity index (χ0) is 12.7. The van der Waals surface area contributed by atoms with E-state index in [-0.39, 0.29) is 5.41 Å². The van der Waals surface area contributed by atoms with Gasteiger partial charge in [0, 0.05) is 6.20 Å². The van der Waals surface area contributed by atoms with Crippen molar-refractivity contribution in [3.05, 3.63) is 23.0 Å². The number of unbranched alkanes of at least 4 members (excludes halogenated alkanes) is 3. The maximum absolute atomic E-state index is 6.15. The van der Waals surface area contributed by atoms with Crippen molar-refractivity contribution in [3.8, 4) is 0 Å². The van der Waals surface area contributed by atoms with Gasteiger partial charge in [0.1, 0.15) is 0 Å². The third-order valence-corrected chi connectivity index (χ3v) is 3.97. The van der Waals surface area contributed by atoms with Gasteiger partial charge in [0.25, 0.3) is 0 Å². The molecule has 1 aromatic rings. The molecule has 0 N–H and O–H groups in total. The highest BCUT2D eigenvalue weighted by molar-refractivity contribution is 6.30. The van der Waals surface area contributed by atoms with E-state index in [0.29, 0.717) is 5.15 Å². The Morgan fingerprint density at radius 2 is 2.00 bits per heavy atom. The molecule has 3 heteroatoms. The van der Waals surface area contributed by atoms with Gasteiger partial charge in [-0.15, -0.1) is 5.10 Å². The van der Waals surface area contributed by atoms with Gasteiger partial charge in [-0.25, -0.2) is 0 Å². The number of halogens is 1. The van der Waals surface area contributed by atoms with E-state index in [9.17, 15) is 0 Å². The number of nitrogens with zero attached hydrogens (tertiary/aromatic N) is 2. The van der Waals surface area contributed by atoms with Gasteiger partial charge in [0.05, 0.1) is 0 Å². The molecule has 0 spiro atoms. The summed E-state index contributed by atoms with van der Waals surface area (Å²) < 4.78 is 0. The highest BCUT2D eigenvalue weighted by Crippen LogP contribution is 2.36. The predicted molar refractivity (Wildman–Crippen MR) is 73.4 cm³/mol. The largest absolute Gasteiger partial charge is 0.158 e. The molecular formula is C14H23ClN2. The van der Waals surface area contributed by atoms with Crippen molar-refractivity contribution in [2.45, 2.75) is 64.7 Å². The number of rotatable bonds is 7. The Labute approximate surface area is 110 Å². The second-order valence-corrected chi connectivity index (χ2v) is 5.32. The van der Waals surface area contributed by atoms with Crippen molar-refractivity contribution in [1.29, 1.82) is 0 Å². The van der Waals surface area contributed by atoms with Crippen LogP contribution in [0.1, 0.15) is 64.9 Å². The zero-order valence-electron chi connectivity index (χ0n) is 11.2. The highest BCUT2D eigenvalue weighted by atomic mass is 35.5. The average Bonchev–Trinajstić information content (AvgIpc) is 2.35. The van der Waals surface area contributed by atoms with Crippen LogP contribution in [0.25, 0.3) is 0 Å². The second kappa shape index (κ2) is 6.95. The van der Waals surface area contributed by atoms with Gasteiger partial charge < -0.3 is 0 Å². The molecule has 0 aliphatic heterocycles. The second-order valence-electron chi connectivity index (χ2n) is 4.96. The molecule has 0 saturated heterocycles. The molecule has 17 heavy (non-hydrogen) atoms. The predicted octanol–water partition coefficient (Wildman–Crippen LogP) is 4.77. The summed E-state index contributed by atoms with van der Waals surface area (Å²) in [6.07, 6.45) is 9.17. The summed E-state index contributed by atoms with van der Waals surface area (Å²) in [5, 5.41) is 8.34. The van der Waals surface area contributed by atoms with Gasteiger partial charge >= 0.3 is 0 Å². The molecule has 1 heterocycles. The van der Waals surface area contributed by atoms with Crippen molar-refractivity contribution < 1.29 is 0 Å². The van der Waals surface area contributed by atoms with Gasteiger partial charge in [-0.1, -0.05) is 58.1 Å². The lowest BCUT2D eigenvalue weighted by atomic mass is 9.77. The maximum Gasteiger partial charge on any atom is 0.155 e. The molecule has 0 saturated carbocycles. The molecule has 0 radical (unpaired) electrons. The minimum atomic E-state index is 0.140. The summed E-state index contributed by atoms with van der Waals surface area (Å²) in [6.45, 7) is 6.74. The Hall–Kier alpha value is -0.630. The lowest BCUT2D eigenvalue weighted by Crippen LogP contribution is -2.22. The van der Waals surface area contributed by atoms with Gasteiger partial charge in [-0.3, -0.25) is 0 Å². The first-order valence-corrected chi connectivity index (χ1v) is 6.99. The standard InChI is InChI=1S/C14H23ClN2/c1-4-6-7-8-10-14(3,5-2)12-9-11-16-17-13(12)15/h9,11H,4-8,10H2,1-3H3. The van der Waals surface area contributed by atoms with Crippen LogP contribution >= 0.6 is 11.6 Å².